The molecule has 2 nitrogen and oxygen atoms in total. The van der Waals surface area contributed by atoms with E-state index in [4.69, 9.17) is 23.8 Å². The summed E-state index contributed by atoms with van der Waals surface area (Å²) in [5.41, 5.74) is 2.36. The molecule has 0 atom stereocenters. The zero-order valence-electron chi connectivity index (χ0n) is 10.2. The van der Waals surface area contributed by atoms with E-state index in [0.29, 0.717) is 0 Å². The number of aryl methyl sites for hydroxylation is 1. The van der Waals surface area contributed by atoms with Crippen LogP contribution in [0.25, 0.3) is 0 Å². The van der Waals surface area contributed by atoms with Gasteiger partial charge in [0.05, 0.1) is 0 Å². The Labute approximate surface area is 113 Å². The number of halogens is 1. The maximum Gasteiger partial charge on any atom is 0.176 e. The number of benzene rings is 1. The Hall–Kier alpha value is -0.800. The minimum Gasteiger partial charge on any atom is -0.349 e. The summed E-state index contributed by atoms with van der Waals surface area (Å²) >= 11 is 11.6. The molecule has 1 aliphatic rings. The second-order valence-electron chi connectivity index (χ2n) is 4.30. The van der Waals surface area contributed by atoms with Crippen LogP contribution in [-0.4, -0.2) is 29.6 Å². The lowest BCUT2D eigenvalue weighted by molar-refractivity contribution is 0.408. The standard InChI is InChI=1S/C13H17ClN2S/c1-3-15-7-4-8-16(13(15)17)12-9-11(14)6-5-10(12)2/h5-6,9H,3-4,7-8H2,1-2H3. The number of anilines is 1. The highest BCUT2D eigenvalue weighted by Crippen LogP contribution is 2.27. The van der Waals surface area contributed by atoms with E-state index in [-0.39, 0.29) is 0 Å². The summed E-state index contributed by atoms with van der Waals surface area (Å²) in [4.78, 5) is 4.43. The van der Waals surface area contributed by atoms with Crippen LogP contribution in [0.2, 0.25) is 5.02 Å². The van der Waals surface area contributed by atoms with Crippen molar-refractivity contribution in [3.63, 3.8) is 0 Å². The fourth-order valence-corrected chi connectivity index (χ4v) is 2.75. The first-order valence-corrected chi connectivity index (χ1v) is 6.74. The van der Waals surface area contributed by atoms with Gasteiger partial charge in [-0.05, 0) is 50.2 Å². The van der Waals surface area contributed by atoms with Gasteiger partial charge in [-0.25, -0.2) is 0 Å². The van der Waals surface area contributed by atoms with E-state index in [1.165, 1.54) is 5.56 Å². The van der Waals surface area contributed by atoms with Crippen LogP contribution in [-0.2, 0) is 0 Å². The van der Waals surface area contributed by atoms with Gasteiger partial charge in [-0.15, -0.1) is 0 Å². The Bertz CT molecular complexity index is 433. The molecular weight excluding hydrogens is 252 g/mol. The van der Waals surface area contributed by atoms with Crippen molar-refractivity contribution in [1.29, 1.82) is 0 Å². The predicted octanol–water partition coefficient (Wildman–Crippen LogP) is 3.47. The summed E-state index contributed by atoms with van der Waals surface area (Å²) in [5.74, 6) is 0. The molecule has 0 N–H and O–H groups in total. The van der Waals surface area contributed by atoms with Gasteiger partial charge in [-0.2, -0.15) is 0 Å². The van der Waals surface area contributed by atoms with Crippen LogP contribution in [0.1, 0.15) is 18.9 Å². The van der Waals surface area contributed by atoms with Gasteiger partial charge in [0.1, 0.15) is 0 Å². The highest BCUT2D eigenvalue weighted by molar-refractivity contribution is 7.80. The number of hydrogen-bond acceptors (Lipinski definition) is 1. The molecule has 1 aliphatic heterocycles. The van der Waals surface area contributed by atoms with Crippen LogP contribution in [0.15, 0.2) is 18.2 Å². The molecule has 2 rings (SSSR count). The van der Waals surface area contributed by atoms with Crippen LogP contribution >= 0.6 is 23.8 Å². The summed E-state index contributed by atoms with van der Waals surface area (Å²) in [6, 6.07) is 5.97. The average Bonchev–Trinajstić information content (AvgIpc) is 2.33. The molecule has 17 heavy (non-hydrogen) atoms. The molecule has 4 heteroatoms. The molecule has 0 bridgehead atoms. The van der Waals surface area contributed by atoms with E-state index >= 15 is 0 Å². The SMILES string of the molecule is CCN1CCCN(c2cc(Cl)ccc2C)C1=S. The summed E-state index contributed by atoms with van der Waals surface area (Å²) in [6.45, 7) is 7.25. The van der Waals surface area contributed by atoms with Crippen LogP contribution in [0, 0.1) is 6.92 Å². The molecule has 92 valence electrons. The number of nitrogens with zero attached hydrogens (tertiary/aromatic N) is 2. The normalized spacial score (nSPS) is 16.5. The molecule has 0 unspecified atom stereocenters. The van der Waals surface area contributed by atoms with Crippen LogP contribution < -0.4 is 4.90 Å². The number of hydrogen-bond donors (Lipinski definition) is 0. The van der Waals surface area contributed by atoms with Gasteiger partial charge in [0, 0.05) is 30.3 Å². The van der Waals surface area contributed by atoms with Gasteiger partial charge in [0.15, 0.2) is 5.11 Å². The first kappa shape index (κ1) is 12.7. The van der Waals surface area contributed by atoms with Crippen molar-refractivity contribution in [2.75, 3.05) is 24.5 Å². The Morgan fingerprint density at radius 1 is 1.35 bits per heavy atom. The minimum absolute atomic E-state index is 0.766. The summed E-state index contributed by atoms with van der Waals surface area (Å²) < 4.78 is 0. The number of thiocarbonyl (C=S) groups is 1. The second-order valence-corrected chi connectivity index (χ2v) is 5.10. The lowest BCUT2D eigenvalue weighted by atomic mass is 10.1. The van der Waals surface area contributed by atoms with Gasteiger partial charge in [-0.1, -0.05) is 17.7 Å². The molecule has 1 heterocycles. The zero-order valence-corrected chi connectivity index (χ0v) is 11.8. The van der Waals surface area contributed by atoms with Crippen molar-refractivity contribution in [3.8, 4) is 0 Å². The van der Waals surface area contributed by atoms with E-state index < -0.39 is 0 Å². The van der Waals surface area contributed by atoms with E-state index in [0.717, 1.165) is 41.9 Å². The third-order valence-corrected chi connectivity index (χ3v) is 3.87. The topological polar surface area (TPSA) is 6.48 Å². The highest BCUT2D eigenvalue weighted by atomic mass is 35.5. The molecule has 1 fully saturated rings. The lowest BCUT2D eigenvalue weighted by Crippen LogP contribution is -2.49. The molecular formula is C13H17ClN2S. The molecule has 0 saturated carbocycles. The van der Waals surface area contributed by atoms with Crippen molar-refractivity contribution in [3.05, 3.63) is 28.8 Å². The summed E-state index contributed by atoms with van der Waals surface area (Å²) in [6.07, 6.45) is 1.14. The molecule has 0 spiro atoms. The maximum absolute atomic E-state index is 6.07. The van der Waals surface area contributed by atoms with Gasteiger partial charge < -0.3 is 9.80 Å². The molecule has 1 aromatic carbocycles. The first-order valence-electron chi connectivity index (χ1n) is 5.96. The Morgan fingerprint density at radius 3 is 2.82 bits per heavy atom. The van der Waals surface area contributed by atoms with Gasteiger partial charge in [0.25, 0.3) is 0 Å². The third-order valence-electron chi connectivity index (χ3n) is 3.15. The van der Waals surface area contributed by atoms with E-state index in [1.54, 1.807) is 0 Å². The maximum atomic E-state index is 6.07. The fourth-order valence-electron chi connectivity index (χ4n) is 2.17. The molecule has 0 radical (unpaired) electrons. The van der Waals surface area contributed by atoms with Crippen molar-refractivity contribution >= 4 is 34.6 Å². The number of rotatable bonds is 2. The van der Waals surface area contributed by atoms with Crippen molar-refractivity contribution in [2.24, 2.45) is 0 Å². The highest BCUT2D eigenvalue weighted by Gasteiger charge is 2.23. The molecule has 0 aromatic heterocycles. The van der Waals surface area contributed by atoms with Gasteiger partial charge >= 0.3 is 0 Å². The average molecular weight is 269 g/mol. The van der Waals surface area contributed by atoms with Crippen LogP contribution in [0.3, 0.4) is 0 Å². The monoisotopic (exact) mass is 268 g/mol. The third kappa shape index (κ3) is 2.55. The summed E-state index contributed by atoms with van der Waals surface area (Å²) in [5, 5.41) is 1.69. The van der Waals surface area contributed by atoms with Crippen molar-refractivity contribution in [1.82, 2.24) is 4.90 Å². The first-order chi connectivity index (χ1) is 8.13. The van der Waals surface area contributed by atoms with E-state index in [2.05, 4.69) is 23.6 Å². The summed E-state index contributed by atoms with van der Waals surface area (Å²) in [7, 11) is 0. The molecule has 1 aromatic rings. The predicted molar refractivity (Wildman–Crippen MR) is 78.0 cm³/mol. The van der Waals surface area contributed by atoms with Crippen LogP contribution in [0.5, 0.6) is 0 Å². The Morgan fingerprint density at radius 2 is 2.12 bits per heavy atom. The largest absolute Gasteiger partial charge is 0.349 e. The quantitative estimate of drug-likeness (QED) is 0.759. The molecule has 0 aliphatic carbocycles. The van der Waals surface area contributed by atoms with E-state index in [9.17, 15) is 0 Å². The Balaban J connectivity index is 2.32. The fraction of sp³-hybridized carbons (Fsp3) is 0.462. The lowest BCUT2D eigenvalue weighted by Gasteiger charge is -2.38. The second kappa shape index (κ2) is 5.23. The van der Waals surface area contributed by atoms with Gasteiger partial charge in [-0.3, -0.25) is 0 Å². The molecule has 0 amide bonds. The molecule has 1 saturated heterocycles. The zero-order chi connectivity index (χ0) is 12.4. The smallest absolute Gasteiger partial charge is 0.176 e. The van der Waals surface area contributed by atoms with Crippen LogP contribution in [0.4, 0.5) is 5.69 Å². The van der Waals surface area contributed by atoms with Crippen molar-refractivity contribution < 1.29 is 0 Å². The van der Waals surface area contributed by atoms with Crippen molar-refractivity contribution in [2.45, 2.75) is 20.3 Å². The van der Waals surface area contributed by atoms with Gasteiger partial charge in [0.2, 0.25) is 0 Å². The van der Waals surface area contributed by atoms with E-state index in [1.807, 2.05) is 18.2 Å². The minimum atomic E-state index is 0.766. The Kier molecular flexibility index (Phi) is 3.89.